The Morgan fingerprint density at radius 1 is 1.03 bits per heavy atom. The fourth-order valence-electron chi connectivity index (χ4n) is 4.00. The molecule has 2 unspecified atom stereocenters. The lowest BCUT2D eigenvalue weighted by molar-refractivity contribution is -0.140. The number of carbonyl (C=O) groups is 2. The molecule has 3 atom stereocenters. The number of nitrogens with one attached hydrogen (secondary N) is 2. The molecule has 6 nitrogen and oxygen atoms in total. The fraction of sp³-hybridized carbons (Fsp3) is 0.296. The fourth-order valence-corrected chi connectivity index (χ4v) is 4.00. The van der Waals surface area contributed by atoms with Gasteiger partial charge in [0, 0.05) is 11.5 Å². The monoisotopic (exact) mass is 445 g/mol. The van der Waals surface area contributed by atoms with Crippen LogP contribution in [0.3, 0.4) is 0 Å². The molecule has 0 fully saturated rings. The van der Waals surface area contributed by atoms with Gasteiger partial charge >= 0.3 is 5.97 Å². The summed E-state index contributed by atoms with van der Waals surface area (Å²) in [6.07, 6.45) is 1.17. The lowest BCUT2D eigenvalue weighted by Crippen LogP contribution is -2.44. The van der Waals surface area contributed by atoms with Crippen molar-refractivity contribution in [2.75, 3.05) is 6.54 Å². The number of nitrogens with two attached hydrogens (primary N) is 1. The van der Waals surface area contributed by atoms with Gasteiger partial charge in [-0.3, -0.25) is 20.3 Å². The van der Waals surface area contributed by atoms with Gasteiger partial charge in [0.25, 0.3) is 0 Å². The maximum absolute atomic E-state index is 13.4. The number of hydrogen-bond acceptors (Lipinski definition) is 4. The molecule has 5 N–H and O–H groups in total. The zero-order chi connectivity index (χ0) is 24.0. The van der Waals surface area contributed by atoms with Crippen LogP contribution in [0.5, 0.6) is 0 Å². The molecule has 0 saturated carbocycles. The van der Waals surface area contributed by atoms with Crippen LogP contribution in [0, 0.1) is 11.3 Å². The number of Topliss-reactive ketones (excluding diaryl/α,β-unsaturated/α-hetero) is 1. The van der Waals surface area contributed by atoms with Crippen molar-refractivity contribution in [2.45, 2.75) is 38.6 Å². The molecule has 0 radical (unpaired) electrons. The summed E-state index contributed by atoms with van der Waals surface area (Å²) in [6.45, 7) is 3.78. The first-order chi connectivity index (χ1) is 15.8. The summed E-state index contributed by atoms with van der Waals surface area (Å²) < 4.78 is 0. The third-order valence-electron chi connectivity index (χ3n) is 6.24. The summed E-state index contributed by atoms with van der Waals surface area (Å²) >= 11 is 0. The normalized spacial score (nSPS) is 13.9. The molecular weight excluding hydrogens is 414 g/mol. The van der Waals surface area contributed by atoms with E-state index in [-0.39, 0.29) is 24.1 Å². The van der Waals surface area contributed by atoms with E-state index in [1.807, 2.05) is 68.4 Å². The van der Waals surface area contributed by atoms with Crippen LogP contribution in [0.25, 0.3) is 10.8 Å². The van der Waals surface area contributed by atoms with Gasteiger partial charge in [0.1, 0.15) is 11.9 Å². The first-order valence-corrected chi connectivity index (χ1v) is 11.2. The maximum atomic E-state index is 13.4. The predicted molar refractivity (Wildman–Crippen MR) is 132 cm³/mol. The second kappa shape index (κ2) is 10.9. The highest BCUT2D eigenvalue weighted by Crippen LogP contribution is 2.26. The van der Waals surface area contributed by atoms with Crippen molar-refractivity contribution in [1.82, 2.24) is 5.32 Å². The lowest BCUT2D eigenvalue weighted by atomic mass is 9.86. The zero-order valence-electron chi connectivity index (χ0n) is 19.0. The number of amidine groups is 1. The summed E-state index contributed by atoms with van der Waals surface area (Å²) in [6, 6.07) is 20.6. The van der Waals surface area contributed by atoms with Crippen molar-refractivity contribution in [2.24, 2.45) is 11.7 Å². The van der Waals surface area contributed by atoms with Crippen LogP contribution in [-0.2, 0) is 16.0 Å². The van der Waals surface area contributed by atoms with E-state index in [9.17, 15) is 14.7 Å². The van der Waals surface area contributed by atoms with E-state index in [4.69, 9.17) is 11.1 Å². The van der Waals surface area contributed by atoms with Crippen LogP contribution in [0.4, 0.5) is 0 Å². The Morgan fingerprint density at radius 2 is 1.70 bits per heavy atom. The van der Waals surface area contributed by atoms with E-state index in [1.165, 1.54) is 0 Å². The van der Waals surface area contributed by atoms with Crippen molar-refractivity contribution in [3.05, 3.63) is 83.4 Å². The van der Waals surface area contributed by atoms with E-state index in [1.54, 1.807) is 12.1 Å². The topological polar surface area (TPSA) is 116 Å². The van der Waals surface area contributed by atoms with Gasteiger partial charge in [-0.1, -0.05) is 87.0 Å². The molecule has 0 aliphatic rings. The van der Waals surface area contributed by atoms with Gasteiger partial charge in [-0.2, -0.15) is 0 Å². The molecule has 33 heavy (non-hydrogen) atoms. The van der Waals surface area contributed by atoms with Crippen molar-refractivity contribution in [3.63, 3.8) is 0 Å². The first kappa shape index (κ1) is 24.1. The molecule has 0 heterocycles. The quantitative estimate of drug-likeness (QED) is 0.262. The summed E-state index contributed by atoms with van der Waals surface area (Å²) in [4.78, 5) is 25.1. The van der Waals surface area contributed by atoms with Crippen LogP contribution < -0.4 is 11.1 Å². The molecule has 6 heteroatoms. The molecule has 3 rings (SSSR count). The van der Waals surface area contributed by atoms with Crippen LogP contribution in [0.1, 0.15) is 42.9 Å². The molecule has 172 valence electrons. The Labute approximate surface area is 194 Å². The molecule has 3 aromatic carbocycles. The number of hydrogen-bond donors (Lipinski definition) is 4. The minimum Gasteiger partial charge on any atom is -0.480 e. The molecule has 0 aliphatic heterocycles. The summed E-state index contributed by atoms with van der Waals surface area (Å²) in [5.74, 6) is -1.53. The number of benzene rings is 3. The summed E-state index contributed by atoms with van der Waals surface area (Å²) in [5.41, 5.74) is 8.03. The van der Waals surface area contributed by atoms with Crippen LogP contribution in [0.15, 0.2) is 66.7 Å². The minimum atomic E-state index is -0.945. The third-order valence-corrected chi connectivity index (χ3v) is 6.24. The maximum Gasteiger partial charge on any atom is 0.320 e. The molecule has 0 saturated heterocycles. The lowest BCUT2D eigenvalue weighted by Gasteiger charge is -2.22. The average Bonchev–Trinajstić information content (AvgIpc) is 2.82. The van der Waals surface area contributed by atoms with Gasteiger partial charge in [0.15, 0.2) is 5.78 Å². The summed E-state index contributed by atoms with van der Waals surface area (Å²) in [7, 11) is 0. The molecule has 0 bridgehead atoms. The third kappa shape index (κ3) is 6.05. The number of nitrogen functional groups attached to an aromatic ring is 1. The van der Waals surface area contributed by atoms with Gasteiger partial charge in [-0.25, -0.2) is 0 Å². The van der Waals surface area contributed by atoms with Gasteiger partial charge in [0.05, 0.1) is 6.54 Å². The van der Waals surface area contributed by atoms with Gasteiger partial charge in [0.2, 0.25) is 0 Å². The first-order valence-electron chi connectivity index (χ1n) is 11.2. The Hall–Kier alpha value is -3.51. The summed E-state index contributed by atoms with van der Waals surface area (Å²) in [5, 5.41) is 22.3. The standard InChI is InChI=1S/C27H31N3O3/c1-3-17(2)25(27(32)33)30-16-24(31)23(14-18-8-10-20(11-9-18)26(28)29)22-13-12-19-6-4-5-7-21(19)15-22/h4-13,15,17,23,25,30H,3,14,16H2,1-2H3,(H3,28,29)(H,32,33)/t17?,23-,25?/m0/s1. The van der Waals surface area contributed by atoms with Gasteiger partial charge in [-0.15, -0.1) is 0 Å². The van der Waals surface area contributed by atoms with Gasteiger partial charge < -0.3 is 10.8 Å². The van der Waals surface area contributed by atoms with E-state index in [0.29, 0.717) is 18.4 Å². The highest BCUT2D eigenvalue weighted by atomic mass is 16.4. The Bertz CT molecular complexity index is 1140. The van der Waals surface area contributed by atoms with E-state index in [2.05, 4.69) is 5.32 Å². The number of fused-ring (bicyclic) bond motifs is 1. The van der Waals surface area contributed by atoms with Crippen molar-refractivity contribution >= 4 is 28.4 Å². The smallest absolute Gasteiger partial charge is 0.320 e. The molecule has 0 aliphatic carbocycles. The second-order valence-electron chi connectivity index (χ2n) is 8.52. The van der Waals surface area contributed by atoms with E-state index in [0.717, 1.165) is 21.9 Å². The largest absolute Gasteiger partial charge is 0.480 e. The highest BCUT2D eigenvalue weighted by molar-refractivity contribution is 5.95. The Morgan fingerprint density at radius 3 is 2.30 bits per heavy atom. The number of carboxylic acids is 1. The number of carbonyl (C=O) groups excluding carboxylic acids is 1. The number of aliphatic carboxylic acids is 1. The van der Waals surface area contributed by atoms with Crippen molar-refractivity contribution in [3.8, 4) is 0 Å². The number of carboxylic acid groups (broad SMARTS) is 1. The zero-order valence-corrected chi connectivity index (χ0v) is 19.0. The van der Waals surface area contributed by atoms with E-state index >= 15 is 0 Å². The molecule has 0 aromatic heterocycles. The van der Waals surface area contributed by atoms with E-state index < -0.39 is 17.9 Å². The van der Waals surface area contributed by atoms with Crippen LogP contribution >= 0.6 is 0 Å². The molecule has 0 amide bonds. The number of rotatable bonds is 11. The highest BCUT2D eigenvalue weighted by Gasteiger charge is 2.27. The molecular formula is C27H31N3O3. The average molecular weight is 446 g/mol. The van der Waals surface area contributed by atoms with Crippen LogP contribution in [-0.4, -0.2) is 35.3 Å². The SMILES string of the molecule is CCC(C)C(NCC(=O)[C@@H](Cc1ccc(C(=N)N)cc1)c1ccc2ccccc2c1)C(=O)O. The number of ketones is 1. The Balaban J connectivity index is 1.88. The molecule has 3 aromatic rings. The van der Waals surface area contributed by atoms with Crippen molar-refractivity contribution < 1.29 is 14.7 Å². The van der Waals surface area contributed by atoms with Gasteiger partial charge in [-0.05, 0) is 34.2 Å². The predicted octanol–water partition coefficient (Wildman–Crippen LogP) is 4.11. The minimum absolute atomic E-state index is 0.00216. The Kier molecular flexibility index (Phi) is 7.96. The molecule has 0 spiro atoms. The second-order valence-corrected chi connectivity index (χ2v) is 8.52. The van der Waals surface area contributed by atoms with Crippen molar-refractivity contribution in [1.29, 1.82) is 5.41 Å². The van der Waals surface area contributed by atoms with Crippen LogP contribution in [0.2, 0.25) is 0 Å².